The molecule has 0 saturated carbocycles. The molecule has 0 radical (unpaired) electrons. The van der Waals surface area contributed by atoms with Gasteiger partial charge in [-0.3, -0.25) is 4.99 Å². The van der Waals surface area contributed by atoms with Crippen LogP contribution in [0.5, 0.6) is 5.75 Å². The largest absolute Gasteiger partial charge is 0.494 e. The number of halogens is 1. The third-order valence-electron chi connectivity index (χ3n) is 2.21. The first kappa shape index (κ1) is 17.6. The molecule has 0 heterocycles. The molecule has 4 nitrogen and oxygen atoms in total. The van der Waals surface area contributed by atoms with Crippen molar-refractivity contribution >= 4 is 29.9 Å². The Labute approximate surface area is 132 Å². The first-order valence-electron chi connectivity index (χ1n) is 5.92. The maximum atomic E-state index is 5.57. The summed E-state index contributed by atoms with van der Waals surface area (Å²) in [6.45, 7) is 1.93. The molecule has 0 saturated heterocycles. The van der Waals surface area contributed by atoms with E-state index in [0.29, 0.717) is 19.1 Å². The molecule has 0 aromatic heterocycles. The Morgan fingerprint density at radius 2 is 2.05 bits per heavy atom. The van der Waals surface area contributed by atoms with Gasteiger partial charge in [0.05, 0.1) is 13.2 Å². The summed E-state index contributed by atoms with van der Waals surface area (Å²) in [5.41, 5.74) is 0. The minimum Gasteiger partial charge on any atom is -0.494 e. The van der Waals surface area contributed by atoms with E-state index in [2.05, 4.69) is 21.5 Å². The van der Waals surface area contributed by atoms with Crippen LogP contribution >= 0.6 is 24.0 Å². The quantitative estimate of drug-likeness (QED) is 0.263. The summed E-state index contributed by atoms with van der Waals surface area (Å²) in [7, 11) is 1.71. The maximum Gasteiger partial charge on any atom is 0.191 e. The van der Waals surface area contributed by atoms with Crippen LogP contribution in [0.3, 0.4) is 0 Å². The van der Waals surface area contributed by atoms with E-state index in [0.717, 1.165) is 18.7 Å². The average molecular weight is 373 g/mol. The highest BCUT2D eigenvalue weighted by Crippen LogP contribution is 2.07. The molecule has 2 N–H and O–H groups in total. The molecule has 104 valence electrons. The van der Waals surface area contributed by atoms with Crippen LogP contribution in [-0.4, -0.2) is 32.7 Å². The highest BCUT2D eigenvalue weighted by Gasteiger charge is 1.95. The monoisotopic (exact) mass is 373 g/mol. The van der Waals surface area contributed by atoms with Crippen LogP contribution < -0.4 is 15.4 Å². The fourth-order valence-electron chi connectivity index (χ4n) is 1.34. The van der Waals surface area contributed by atoms with Gasteiger partial charge in [0, 0.05) is 13.6 Å². The van der Waals surface area contributed by atoms with Crippen LogP contribution in [0.4, 0.5) is 0 Å². The second kappa shape index (κ2) is 11.7. The molecular formula is C14H20IN3O. The topological polar surface area (TPSA) is 45.7 Å². The zero-order valence-corrected chi connectivity index (χ0v) is 13.4. The van der Waals surface area contributed by atoms with Gasteiger partial charge in [-0.15, -0.1) is 30.4 Å². The smallest absolute Gasteiger partial charge is 0.191 e. The second-order valence-corrected chi connectivity index (χ2v) is 3.57. The molecule has 0 spiro atoms. The number of nitrogens with one attached hydrogen (secondary N) is 2. The Hall–Kier alpha value is -1.42. The van der Waals surface area contributed by atoms with E-state index in [1.807, 2.05) is 30.3 Å². The van der Waals surface area contributed by atoms with Crippen molar-refractivity contribution in [2.75, 3.05) is 26.7 Å². The number of aliphatic imine (C=N–C) groups is 1. The van der Waals surface area contributed by atoms with Crippen LogP contribution in [0, 0.1) is 12.3 Å². The van der Waals surface area contributed by atoms with Crippen molar-refractivity contribution in [1.82, 2.24) is 10.6 Å². The van der Waals surface area contributed by atoms with Crippen LogP contribution in [0.15, 0.2) is 35.3 Å². The van der Waals surface area contributed by atoms with Gasteiger partial charge in [-0.1, -0.05) is 24.1 Å². The van der Waals surface area contributed by atoms with Gasteiger partial charge >= 0.3 is 0 Å². The number of rotatable bonds is 6. The SMILES string of the molecule is C#CCNC(=NC)NCCCOc1ccccc1.I. The van der Waals surface area contributed by atoms with E-state index < -0.39 is 0 Å². The Morgan fingerprint density at radius 1 is 1.32 bits per heavy atom. The maximum absolute atomic E-state index is 5.57. The first-order chi connectivity index (χ1) is 8.86. The Bertz CT molecular complexity index is 401. The predicted octanol–water partition coefficient (Wildman–Crippen LogP) is 1.87. The molecule has 0 amide bonds. The van der Waals surface area contributed by atoms with Crippen molar-refractivity contribution in [1.29, 1.82) is 0 Å². The molecule has 0 bridgehead atoms. The van der Waals surface area contributed by atoms with Crippen LogP contribution in [0.25, 0.3) is 0 Å². The van der Waals surface area contributed by atoms with E-state index in [4.69, 9.17) is 11.2 Å². The number of ether oxygens (including phenoxy) is 1. The lowest BCUT2D eigenvalue weighted by atomic mass is 10.3. The van der Waals surface area contributed by atoms with E-state index in [-0.39, 0.29) is 24.0 Å². The number of hydrogen-bond donors (Lipinski definition) is 2. The number of guanidine groups is 1. The fourth-order valence-corrected chi connectivity index (χ4v) is 1.34. The molecule has 0 fully saturated rings. The molecule has 1 aromatic carbocycles. The summed E-state index contributed by atoms with van der Waals surface area (Å²) in [6.07, 6.45) is 6.05. The molecule has 0 aliphatic rings. The standard InChI is InChI=1S/C14H19N3O.HI/c1-3-10-16-14(15-2)17-11-7-12-18-13-8-5-4-6-9-13;/h1,4-6,8-9H,7,10-12H2,2H3,(H2,15,16,17);1H. The predicted molar refractivity (Wildman–Crippen MR) is 90.2 cm³/mol. The number of terminal acetylenes is 1. The van der Waals surface area contributed by atoms with Crippen molar-refractivity contribution in [3.63, 3.8) is 0 Å². The summed E-state index contributed by atoms with van der Waals surface area (Å²) in [5, 5.41) is 6.14. The Kier molecular flexibility index (Phi) is 10.8. The molecule has 5 heteroatoms. The van der Waals surface area contributed by atoms with Gasteiger partial charge < -0.3 is 15.4 Å². The lowest BCUT2D eigenvalue weighted by Gasteiger charge is -2.10. The zero-order valence-electron chi connectivity index (χ0n) is 11.1. The molecule has 1 aromatic rings. The first-order valence-corrected chi connectivity index (χ1v) is 5.92. The van der Waals surface area contributed by atoms with Gasteiger partial charge in [-0.2, -0.15) is 0 Å². The van der Waals surface area contributed by atoms with Crippen molar-refractivity contribution in [3.05, 3.63) is 30.3 Å². The number of hydrogen-bond acceptors (Lipinski definition) is 2. The van der Waals surface area contributed by atoms with Crippen LogP contribution in [0.2, 0.25) is 0 Å². The van der Waals surface area contributed by atoms with Gasteiger partial charge in [0.15, 0.2) is 5.96 Å². The van der Waals surface area contributed by atoms with Crippen molar-refractivity contribution in [3.8, 4) is 18.1 Å². The van der Waals surface area contributed by atoms with Gasteiger partial charge in [-0.25, -0.2) is 0 Å². The molecule has 0 aliphatic heterocycles. The minimum absolute atomic E-state index is 0. The molecule has 1 rings (SSSR count). The third-order valence-corrected chi connectivity index (χ3v) is 2.21. The Morgan fingerprint density at radius 3 is 2.68 bits per heavy atom. The van der Waals surface area contributed by atoms with E-state index >= 15 is 0 Å². The molecule has 0 atom stereocenters. The summed E-state index contributed by atoms with van der Waals surface area (Å²) >= 11 is 0. The van der Waals surface area contributed by atoms with Gasteiger partial charge in [0.1, 0.15) is 5.75 Å². The number of benzene rings is 1. The average Bonchev–Trinajstić information content (AvgIpc) is 2.43. The van der Waals surface area contributed by atoms with Crippen molar-refractivity contribution in [2.24, 2.45) is 4.99 Å². The lowest BCUT2D eigenvalue weighted by molar-refractivity contribution is 0.311. The fraction of sp³-hybridized carbons (Fsp3) is 0.357. The third kappa shape index (κ3) is 8.32. The van der Waals surface area contributed by atoms with Gasteiger partial charge in [-0.05, 0) is 18.6 Å². The van der Waals surface area contributed by atoms with Crippen LogP contribution in [0.1, 0.15) is 6.42 Å². The molecule has 0 unspecified atom stereocenters. The van der Waals surface area contributed by atoms with Gasteiger partial charge in [0.2, 0.25) is 0 Å². The molecular weight excluding hydrogens is 353 g/mol. The Balaban J connectivity index is 0.00000324. The van der Waals surface area contributed by atoms with E-state index in [9.17, 15) is 0 Å². The summed E-state index contributed by atoms with van der Waals surface area (Å²) in [4.78, 5) is 4.04. The minimum atomic E-state index is 0. The second-order valence-electron chi connectivity index (χ2n) is 3.57. The van der Waals surface area contributed by atoms with E-state index in [1.54, 1.807) is 7.05 Å². The summed E-state index contributed by atoms with van der Waals surface area (Å²) in [6, 6.07) is 9.77. The summed E-state index contributed by atoms with van der Waals surface area (Å²) < 4.78 is 5.57. The highest BCUT2D eigenvalue weighted by atomic mass is 127. The number of para-hydroxylation sites is 1. The van der Waals surface area contributed by atoms with Crippen LogP contribution in [-0.2, 0) is 0 Å². The van der Waals surface area contributed by atoms with E-state index in [1.165, 1.54) is 0 Å². The van der Waals surface area contributed by atoms with Crippen molar-refractivity contribution < 1.29 is 4.74 Å². The highest BCUT2D eigenvalue weighted by molar-refractivity contribution is 14.0. The zero-order chi connectivity index (χ0) is 13.1. The number of nitrogens with zero attached hydrogens (tertiary/aromatic N) is 1. The van der Waals surface area contributed by atoms with Gasteiger partial charge in [0.25, 0.3) is 0 Å². The van der Waals surface area contributed by atoms with Crippen molar-refractivity contribution in [2.45, 2.75) is 6.42 Å². The summed E-state index contributed by atoms with van der Waals surface area (Å²) in [5.74, 6) is 4.11. The molecule has 0 aliphatic carbocycles. The molecule has 19 heavy (non-hydrogen) atoms. The lowest BCUT2D eigenvalue weighted by Crippen LogP contribution is -2.38. The normalized spacial score (nSPS) is 10.0.